The van der Waals surface area contributed by atoms with Crippen LogP contribution in [0.1, 0.15) is 146 Å². The van der Waals surface area contributed by atoms with Crippen molar-refractivity contribution in [1.29, 1.82) is 0 Å². The van der Waals surface area contributed by atoms with E-state index in [0.29, 0.717) is 30.8 Å². The second-order valence-electron chi connectivity index (χ2n) is 16.7. The first-order chi connectivity index (χ1) is 22.0. The van der Waals surface area contributed by atoms with Gasteiger partial charge in [-0.3, -0.25) is 4.79 Å². The van der Waals surface area contributed by atoms with Crippen molar-refractivity contribution < 1.29 is 38.4 Å². The molecule has 48 heavy (non-hydrogen) atoms. The Morgan fingerprint density at radius 3 is 2.08 bits per heavy atom. The van der Waals surface area contributed by atoms with E-state index in [0.717, 1.165) is 24.8 Å². The number of carboxylic acids is 1. The van der Waals surface area contributed by atoms with Crippen LogP contribution in [0.3, 0.4) is 0 Å². The normalized spacial score (nSPS) is 16.0. The Labute approximate surface area is 303 Å². The SMILES string of the molecule is CCC(C)(C)C(C)(CC(C)(C)C)C(=O)O.CCCCCCC(C)OC(=O)CC(C)(C)C[C](C)([In][CH3])C(=O)OCc1ccc2c(c1)OCO2. The Kier molecular flexibility index (Phi) is 17.4. The quantitative estimate of drug-likeness (QED) is 0.116. The fraction of sp³-hybridized carbons (Fsp3) is 0.769. The molecule has 1 aromatic rings. The van der Waals surface area contributed by atoms with Gasteiger partial charge in [-0.1, -0.05) is 48.5 Å². The van der Waals surface area contributed by atoms with Gasteiger partial charge in [0.05, 0.1) is 5.41 Å². The van der Waals surface area contributed by atoms with Gasteiger partial charge in [-0.05, 0) is 30.6 Å². The first-order valence-corrected chi connectivity index (χ1v) is 22.8. The number of hydrogen-bond acceptors (Lipinski definition) is 7. The summed E-state index contributed by atoms with van der Waals surface area (Å²) < 4.78 is 23.8. The van der Waals surface area contributed by atoms with E-state index >= 15 is 0 Å². The summed E-state index contributed by atoms with van der Waals surface area (Å²) in [7, 11) is 0. The molecule has 273 valence electrons. The molecule has 1 aliphatic rings. The van der Waals surface area contributed by atoms with Gasteiger partial charge in [0.15, 0.2) is 0 Å². The van der Waals surface area contributed by atoms with Crippen LogP contribution >= 0.6 is 0 Å². The molecule has 1 aromatic carbocycles. The molecule has 0 aromatic heterocycles. The van der Waals surface area contributed by atoms with Gasteiger partial charge in [0.2, 0.25) is 0 Å². The molecule has 0 fully saturated rings. The van der Waals surface area contributed by atoms with Crippen LogP contribution in [-0.2, 0) is 30.5 Å². The van der Waals surface area contributed by atoms with Gasteiger partial charge in [0, 0.05) is 0 Å². The first-order valence-electron chi connectivity index (χ1n) is 17.8. The van der Waals surface area contributed by atoms with Crippen molar-refractivity contribution in [2.24, 2.45) is 21.7 Å². The maximum absolute atomic E-state index is 13.1. The van der Waals surface area contributed by atoms with Crippen molar-refractivity contribution in [1.82, 2.24) is 0 Å². The predicted molar refractivity (Wildman–Crippen MR) is 194 cm³/mol. The van der Waals surface area contributed by atoms with Gasteiger partial charge in [-0.15, -0.1) is 0 Å². The predicted octanol–water partition coefficient (Wildman–Crippen LogP) is 10.0. The minimum atomic E-state index is -1.25. The number of carboxylic acid groups (broad SMARTS) is 1. The second kappa shape index (κ2) is 18.9. The van der Waals surface area contributed by atoms with Gasteiger partial charge >= 0.3 is 210 Å². The molecule has 0 saturated carbocycles. The number of fused-ring (bicyclic) bond motifs is 1. The van der Waals surface area contributed by atoms with E-state index in [9.17, 15) is 19.5 Å². The third kappa shape index (κ3) is 14.1. The number of carbonyl (C=O) groups excluding carboxylic acids is 2. The van der Waals surface area contributed by atoms with Gasteiger partial charge in [0.25, 0.3) is 0 Å². The number of benzene rings is 1. The summed E-state index contributed by atoms with van der Waals surface area (Å²) in [6.45, 7) is 25.0. The first kappa shape index (κ1) is 44.1. The van der Waals surface area contributed by atoms with Crippen molar-refractivity contribution in [2.75, 3.05) is 6.79 Å². The number of rotatable bonds is 18. The molecule has 0 aliphatic carbocycles. The number of hydrogen-bond donors (Lipinski definition) is 1. The molecule has 3 unspecified atom stereocenters. The molecule has 2 rings (SSSR count). The second-order valence-corrected chi connectivity index (χ2v) is 22.0. The Hall–Kier alpha value is -1.90. The summed E-state index contributed by atoms with van der Waals surface area (Å²) in [5.41, 5.74) is -0.256. The third-order valence-corrected chi connectivity index (χ3v) is 14.8. The number of ether oxygens (including phenoxy) is 4. The number of unbranched alkanes of at least 4 members (excludes halogenated alkanes) is 3. The third-order valence-electron chi connectivity index (χ3n) is 9.91. The molecule has 1 heterocycles. The molecule has 0 saturated heterocycles. The van der Waals surface area contributed by atoms with Crippen molar-refractivity contribution in [3.8, 4) is 11.5 Å². The van der Waals surface area contributed by atoms with Crippen LogP contribution in [0.5, 0.6) is 11.5 Å². The van der Waals surface area contributed by atoms with Crippen LogP contribution in [0.4, 0.5) is 0 Å². The molecule has 0 bridgehead atoms. The van der Waals surface area contributed by atoms with E-state index in [4.69, 9.17) is 18.9 Å². The van der Waals surface area contributed by atoms with Gasteiger partial charge in [-0.25, -0.2) is 0 Å². The van der Waals surface area contributed by atoms with Crippen molar-refractivity contribution in [3.63, 3.8) is 0 Å². The van der Waals surface area contributed by atoms with E-state index in [1.165, 1.54) is 19.3 Å². The molecular weight excluding hydrogens is 711 g/mol. The van der Waals surface area contributed by atoms with Crippen molar-refractivity contribution in [2.45, 2.75) is 161 Å². The van der Waals surface area contributed by atoms with E-state index in [1.54, 1.807) is 0 Å². The molecule has 3 atom stereocenters. The van der Waals surface area contributed by atoms with Crippen LogP contribution in [-0.4, -0.2) is 58.8 Å². The Morgan fingerprint density at radius 2 is 1.54 bits per heavy atom. The standard InChI is InChI=1S/C25H37O6.C13H26O2.CH3.In/c1-6-7-8-9-10-19(3)31-23(26)15-25(4,5)14-18(2)24(27)28-16-20-11-12-21-22(13-20)30-17-29-21;1-8-12(5,6)13(7,10(14)15)9-11(2,3)4;;/h11-13,19H,6-10,14-17H2,1-5H3;8-9H2,1-7H3,(H,14,15);1H3;. The average Bonchev–Trinajstić information content (AvgIpc) is 3.44. The molecule has 8 nitrogen and oxygen atoms in total. The van der Waals surface area contributed by atoms with E-state index < -0.39 is 37.5 Å². The maximum atomic E-state index is 13.1. The summed E-state index contributed by atoms with van der Waals surface area (Å²) in [4.78, 5) is 37.1. The monoisotopic (exact) mass is 777 g/mol. The summed E-state index contributed by atoms with van der Waals surface area (Å²) in [6, 6.07) is 5.57. The van der Waals surface area contributed by atoms with Gasteiger partial charge in [-0.2, -0.15) is 0 Å². The molecule has 0 spiro atoms. The number of aliphatic carboxylic acids is 1. The van der Waals surface area contributed by atoms with E-state index in [2.05, 4.69) is 39.3 Å². The van der Waals surface area contributed by atoms with Crippen molar-refractivity contribution >= 4 is 40.8 Å². The summed E-state index contributed by atoms with van der Waals surface area (Å²) in [5.74, 6) is 0.364. The van der Waals surface area contributed by atoms with E-state index in [-0.39, 0.29) is 47.7 Å². The number of carbonyl (C=O) groups is 3. The fourth-order valence-corrected chi connectivity index (χ4v) is 9.39. The molecule has 9 heteroatoms. The molecular formula is C39H66InO8. The molecule has 1 N–H and O–H groups in total. The van der Waals surface area contributed by atoms with Crippen LogP contribution in [0.2, 0.25) is 7.85 Å². The summed E-state index contributed by atoms with van der Waals surface area (Å²) in [5, 5.41) is 9.46. The number of esters is 2. The summed E-state index contributed by atoms with van der Waals surface area (Å²) in [6.07, 6.45) is 8.04. The Balaban J connectivity index is 0.000000646. The summed E-state index contributed by atoms with van der Waals surface area (Å²) >= 11 is -1.25. The van der Waals surface area contributed by atoms with Crippen LogP contribution in [0.15, 0.2) is 18.2 Å². The fourth-order valence-electron chi connectivity index (χ4n) is 6.32. The van der Waals surface area contributed by atoms with Crippen LogP contribution < -0.4 is 9.47 Å². The Morgan fingerprint density at radius 1 is 0.917 bits per heavy atom. The zero-order valence-corrected chi connectivity index (χ0v) is 35.8. The average molecular weight is 778 g/mol. The zero-order valence-electron chi connectivity index (χ0n) is 32.5. The van der Waals surface area contributed by atoms with Crippen LogP contribution in [0.25, 0.3) is 0 Å². The van der Waals surface area contributed by atoms with Crippen LogP contribution in [0, 0.1) is 21.7 Å². The topological polar surface area (TPSA) is 108 Å². The molecule has 0 amide bonds. The van der Waals surface area contributed by atoms with Crippen molar-refractivity contribution in [3.05, 3.63) is 23.8 Å². The van der Waals surface area contributed by atoms with Gasteiger partial charge < -0.3 is 5.11 Å². The Bertz CT molecular complexity index is 1190. The minimum absolute atomic E-state index is 0.0413. The molecule has 1 aliphatic heterocycles. The van der Waals surface area contributed by atoms with Gasteiger partial charge in [0.1, 0.15) is 0 Å². The van der Waals surface area contributed by atoms with E-state index in [1.807, 2.05) is 66.7 Å². The zero-order chi connectivity index (χ0) is 37.0. The molecule has 1 radical (unpaired) electrons.